The van der Waals surface area contributed by atoms with Crippen LogP contribution in [0.25, 0.3) is 10.2 Å². The number of aromatic nitrogens is 1. The normalized spacial score (nSPS) is 18.0. The second-order valence-corrected chi connectivity index (χ2v) is 8.32. The fourth-order valence-corrected chi connectivity index (χ4v) is 4.70. The Hall–Kier alpha value is -1.99. The van der Waals surface area contributed by atoms with Crippen LogP contribution in [0.3, 0.4) is 0 Å². The van der Waals surface area contributed by atoms with Crippen LogP contribution < -0.4 is 0 Å². The van der Waals surface area contributed by atoms with E-state index >= 15 is 0 Å². The van der Waals surface area contributed by atoms with Crippen LogP contribution in [0.5, 0.6) is 0 Å². The van der Waals surface area contributed by atoms with E-state index in [0.717, 1.165) is 49.2 Å². The summed E-state index contributed by atoms with van der Waals surface area (Å²) in [6.07, 6.45) is 4.91. The van der Waals surface area contributed by atoms with Crippen LogP contribution in [0.4, 0.5) is 0 Å². The number of fused-ring (bicyclic) bond motifs is 1. The number of aliphatic carboxylic acids is 1. The number of hydrogen-bond donors (Lipinski definition) is 1. The molecular weight excluding hydrogens is 362 g/mol. The van der Waals surface area contributed by atoms with Gasteiger partial charge in [0.2, 0.25) is 5.91 Å². The van der Waals surface area contributed by atoms with Crippen molar-refractivity contribution in [3.63, 3.8) is 0 Å². The average Bonchev–Trinajstić information content (AvgIpc) is 2.87. The number of thiazole rings is 1. The molecule has 1 aromatic carbocycles. The molecule has 0 radical (unpaired) electrons. The number of rotatable bonds is 7. The fraction of sp³-hybridized carbons (Fsp3) is 0.550. The molecule has 1 saturated heterocycles. The van der Waals surface area contributed by atoms with E-state index in [1.807, 2.05) is 35.0 Å². The summed E-state index contributed by atoms with van der Waals surface area (Å²) < 4.78 is 1.20. The second-order valence-electron chi connectivity index (χ2n) is 7.20. The standard InChI is InChI=1S/C20H27N3O3S/c1-22(14-20(25)26)15-6-5-12-23(13-11-15)19(24)10-4-9-18-21-16-7-2-3-8-17(16)27-18/h2-3,7-8,15H,4-6,9-14H2,1H3,(H,25,26). The van der Waals surface area contributed by atoms with Crippen LogP contribution in [0.2, 0.25) is 0 Å². The molecule has 3 rings (SSSR count). The number of carboxylic acid groups (broad SMARTS) is 1. The fourth-order valence-electron chi connectivity index (χ4n) is 3.69. The lowest BCUT2D eigenvalue weighted by Crippen LogP contribution is -2.37. The number of aryl methyl sites for hydroxylation is 1. The van der Waals surface area contributed by atoms with Crippen molar-refractivity contribution in [3.05, 3.63) is 29.3 Å². The van der Waals surface area contributed by atoms with E-state index in [9.17, 15) is 9.59 Å². The number of carbonyl (C=O) groups excluding carboxylic acids is 1. The van der Waals surface area contributed by atoms with Gasteiger partial charge >= 0.3 is 5.97 Å². The van der Waals surface area contributed by atoms with Gasteiger partial charge in [0.15, 0.2) is 0 Å². The van der Waals surface area contributed by atoms with E-state index in [1.165, 1.54) is 4.70 Å². The molecule has 1 fully saturated rings. The van der Waals surface area contributed by atoms with Gasteiger partial charge in [0.25, 0.3) is 0 Å². The molecule has 1 N–H and O–H groups in total. The molecule has 2 aromatic rings. The quantitative estimate of drug-likeness (QED) is 0.788. The van der Waals surface area contributed by atoms with E-state index in [1.54, 1.807) is 11.3 Å². The number of carboxylic acids is 1. The van der Waals surface area contributed by atoms with Crippen molar-refractivity contribution in [2.75, 3.05) is 26.7 Å². The van der Waals surface area contributed by atoms with Gasteiger partial charge in [-0.2, -0.15) is 0 Å². The number of amides is 1. The largest absolute Gasteiger partial charge is 0.480 e. The molecular formula is C20H27N3O3S. The smallest absolute Gasteiger partial charge is 0.317 e. The minimum atomic E-state index is -0.801. The molecule has 6 nitrogen and oxygen atoms in total. The highest BCUT2D eigenvalue weighted by Crippen LogP contribution is 2.23. The molecule has 1 unspecified atom stereocenters. The zero-order chi connectivity index (χ0) is 19.2. The SMILES string of the molecule is CN(CC(=O)O)C1CCCN(C(=O)CCCc2nc3ccccc3s2)CC1. The van der Waals surface area contributed by atoms with Gasteiger partial charge in [-0.05, 0) is 51.3 Å². The summed E-state index contributed by atoms with van der Waals surface area (Å²) >= 11 is 1.71. The first-order chi connectivity index (χ1) is 13.0. The lowest BCUT2D eigenvalue weighted by atomic mass is 10.1. The van der Waals surface area contributed by atoms with Crippen LogP contribution >= 0.6 is 11.3 Å². The van der Waals surface area contributed by atoms with Gasteiger partial charge in [0.05, 0.1) is 21.8 Å². The Morgan fingerprint density at radius 1 is 1.30 bits per heavy atom. The monoisotopic (exact) mass is 389 g/mol. The van der Waals surface area contributed by atoms with Crippen LogP contribution in [0.1, 0.15) is 37.1 Å². The Kier molecular flexibility index (Phi) is 6.79. The molecule has 1 amide bonds. The number of likely N-dealkylation sites (N-methyl/N-ethyl adjacent to an activating group) is 1. The maximum Gasteiger partial charge on any atom is 0.317 e. The first kappa shape index (κ1) is 19.8. The third-order valence-corrected chi connectivity index (χ3v) is 6.27. The van der Waals surface area contributed by atoms with Crippen molar-refractivity contribution in [3.8, 4) is 0 Å². The van der Waals surface area contributed by atoms with Crippen molar-refractivity contribution in [2.45, 2.75) is 44.6 Å². The minimum Gasteiger partial charge on any atom is -0.480 e. The van der Waals surface area contributed by atoms with E-state index in [4.69, 9.17) is 5.11 Å². The highest BCUT2D eigenvalue weighted by molar-refractivity contribution is 7.18. The topological polar surface area (TPSA) is 73.7 Å². The third kappa shape index (κ3) is 5.49. The van der Waals surface area contributed by atoms with Crippen molar-refractivity contribution in [1.82, 2.24) is 14.8 Å². The lowest BCUT2D eigenvalue weighted by molar-refractivity contribution is -0.138. The van der Waals surface area contributed by atoms with E-state index in [2.05, 4.69) is 11.1 Å². The number of nitrogens with zero attached hydrogens (tertiary/aromatic N) is 3. The van der Waals surface area contributed by atoms with E-state index in [0.29, 0.717) is 13.0 Å². The van der Waals surface area contributed by atoms with Crippen LogP contribution in [-0.4, -0.2) is 64.5 Å². The molecule has 7 heteroatoms. The summed E-state index contributed by atoms with van der Waals surface area (Å²) in [4.78, 5) is 31.9. The molecule has 1 atom stereocenters. The van der Waals surface area contributed by atoms with Crippen molar-refractivity contribution in [1.29, 1.82) is 0 Å². The lowest BCUT2D eigenvalue weighted by Gasteiger charge is -2.25. The number of likely N-dealkylation sites (tertiary alicyclic amines) is 1. The Labute approximate surface area is 163 Å². The first-order valence-corrected chi connectivity index (χ1v) is 10.4. The zero-order valence-corrected chi connectivity index (χ0v) is 16.6. The van der Waals surface area contributed by atoms with Crippen molar-refractivity contribution in [2.24, 2.45) is 0 Å². The number of carbonyl (C=O) groups is 2. The minimum absolute atomic E-state index is 0.0563. The highest BCUT2D eigenvalue weighted by Gasteiger charge is 2.23. The number of para-hydroxylation sites is 1. The van der Waals surface area contributed by atoms with Crippen LogP contribution in [0.15, 0.2) is 24.3 Å². The van der Waals surface area contributed by atoms with Gasteiger partial charge in [-0.1, -0.05) is 12.1 Å². The molecule has 2 heterocycles. The maximum atomic E-state index is 12.6. The maximum absolute atomic E-state index is 12.6. The first-order valence-electron chi connectivity index (χ1n) is 9.57. The van der Waals surface area contributed by atoms with Gasteiger partial charge in [-0.3, -0.25) is 14.5 Å². The van der Waals surface area contributed by atoms with E-state index < -0.39 is 5.97 Å². The predicted molar refractivity (Wildman–Crippen MR) is 107 cm³/mol. The molecule has 0 saturated carbocycles. The number of hydrogen-bond acceptors (Lipinski definition) is 5. The summed E-state index contributed by atoms with van der Waals surface area (Å²) in [6, 6.07) is 8.36. The average molecular weight is 390 g/mol. The van der Waals surface area contributed by atoms with Crippen molar-refractivity contribution < 1.29 is 14.7 Å². The Morgan fingerprint density at radius 2 is 2.11 bits per heavy atom. The second kappa shape index (κ2) is 9.28. The van der Waals surface area contributed by atoms with Gasteiger partial charge in [0.1, 0.15) is 0 Å². The predicted octanol–water partition coefficient (Wildman–Crippen LogP) is 3.02. The molecule has 1 aliphatic rings. The van der Waals surface area contributed by atoms with Gasteiger partial charge < -0.3 is 10.0 Å². The summed E-state index contributed by atoms with van der Waals surface area (Å²) in [5.74, 6) is -0.595. The molecule has 1 aliphatic heterocycles. The summed E-state index contributed by atoms with van der Waals surface area (Å²) in [5.41, 5.74) is 1.04. The Morgan fingerprint density at radius 3 is 2.89 bits per heavy atom. The van der Waals surface area contributed by atoms with Gasteiger partial charge in [-0.15, -0.1) is 11.3 Å². The highest BCUT2D eigenvalue weighted by atomic mass is 32.1. The van der Waals surface area contributed by atoms with Crippen molar-refractivity contribution >= 4 is 33.4 Å². The van der Waals surface area contributed by atoms with E-state index in [-0.39, 0.29) is 18.5 Å². The molecule has 0 spiro atoms. The van der Waals surface area contributed by atoms with Crippen LogP contribution in [-0.2, 0) is 16.0 Å². The molecule has 0 aliphatic carbocycles. The van der Waals surface area contributed by atoms with Gasteiger partial charge in [0, 0.05) is 25.6 Å². The third-order valence-electron chi connectivity index (χ3n) is 5.18. The molecule has 0 bridgehead atoms. The molecule has 27 heavy (non-hydrogen) atoms. The summed E-state index contributed by atoms with van der Waals surface area (Å²) in [5, 5.41) is 10.0. The summed E-state index contributed by atoms with van der Waals surface area (Å²) in [7, 11) is 1.86. The Bertz CT molecular complexity index is 759. The molecule has 146 valence electrons. The summed E-state index contributed by atoms with van der Waals surface area (Å²) in [6.45, 7) is 1.55. The van der Waals surface area contributed by atoms with Crippen LogP contribution in [0, 0.1) is 0 Å². The molecule has 1 aromatic heterocycles. The zero-order valence-electron chi connectivity index (χ0n) is 15.8. The Balaban J connectivity index is 1.44. The van der Waals surface area contributed by atoms with Gasteiger partial charge in [-0.25, -0.2) is 4.98 Å². The number of benzene rings is 1.